The van der Waals surface area contributed by atoms with Gasteiger partial charge in [-0.15, -0.1) is 0 Å². The summed E-state index contributed by atoms with van der Waals surface area (Å²) in [4.78, 5) is 32.6. The summed E-state index contributed by atoms with van der Waals surface area (Å²) in [6.07, 6.45) is -1.25. The van der Waals surface area contributed by atoms with Gasteiger partial charge in [0.1, 0.15) is 0 Å². The fraction of sp³-hybridized carbons (Fsp3) is 0.700. The van der Waals surface area contributed by atoms with Gasteiger partial charge in [-0.3, -0.25) is 15.0 Å². The SMILES string of the molecule is CC(C)(C)NNC(C(=O)O)C(O)(CC(=O)O)C(=O)O. The molecule has 0 saturated heterocycles. The van der Waals surface area contributed by atoms with Gasteiger partial charge in [0.15, 0.2) is 11.6 Å². The molecule has 0 heterocycles. The van der Waals surface area contributed by atoms with Gasteiger partial charge in [0.05, 0.1) is 6.42 Å². The van der Waals surface area contributed by atoms with E-state index in [4.69, 9.17) is 15.3 Å². The number of aliphatic hydroxyl groups is 1. The molecule has 0 amide bonds. The maximum Gasteiger partial charge on any atom is 0.338 e. The summed E-state index contributed by atoms with van der Waals surface area (Å²) in [5, 5.41) is 36.2. The molecule has 0 aromatic rings. The average molecular weight is 278 g/mol. The summed E-state index contributed by atoms with van der Waals surface area (Å²) >= 11 is 0. The molecule has 0 saturated carbocycles. The number of carbonyl (C=O) groups is 3. The molecular weight excluding hydrogens is 260 g/mol. The van der Waals surface area contributed by atoms with E-state index in [2.05, 4.69) is 10.9 Å². The van der Waals surface area contributed by atoms with Crippen LogP contribution in [0, 0.1) is 0 Å². The Morgan fingerprint density at radius 1 is 1.11 bits per heavy atom. The molecule has 0 fully saturated rings. The Bertz CT molecular complexity index is 377. The van der Waals surface area contributed by atoms with Gasteiger partial charge in [0, 0.05) is 5.54 Å². The van der Waals surface area contributed by atoms with Crippen molar-refractivity contribution in [2.75, 3.05) is 0 Å². The molecule has 19 heavy (non-hydrogen) atoms. The number of rotatable bonds is 7. The summed E-state index contributed by atoms with van der Waals surface area (Å²) in [6, 6.07) is -2.03. The first-order valence-electron chi connectivity index (χ1n) is 5.33. The second-order valence-electron chi connectivity index (χ2n) is 5.09. The topological polar surface area (TPSA) is 156 Å². The Morgan fingerprint density at radius 2 is 1.58 bits per heavy atom. The fourth-order valence-corrected chi connectivity index (χ4v) is 1.21. The minimum atomic E-state index is -2.98. The molecular formula is C10H18N2O7. The second kappa shape index (κ2) is 5.95. The second-order valence-corrected chi connectivity index (χ2v) is 5.09. The molecule has 0 aromatic heterocycles. The van der Waals surface area contributed by atoms with Gasteiger partial charge in [0.25, 0.3) is 0 Å². The van der Waals surface area contributed by atoms with E-state index in [1.54, 1.807) is 20.8 Å². The van der Waals surface area contributed by atoms with E-state index in [-0.39, 0.29) is 0 Å². The van der Waals surface area contributed by atoms with Crippen LogP contribution >= 0.6 is 0 Å². The number of hydrogen-bond donors (Lipinski definition) is 6. The summed E-state index contributed by atoms with van der Waals surface area (Å²) < 4.78 is 0. The van der Waals surface area contributed by atoms with E-state index < -0.39 is 41.5 Å². The Hall–Kier alpha value is -1.71. The van der Waals surface area contributed by atoms with E-state index in [0.717, 1.165) is 0 Å². The maximum atomic E-state index is 11.0. The summed E-state index contributed by atoms with van der Waals surface area (Å²) in [7, 11) is 0. The molecule has 0 aliphatic carbocycles. The molecule has 0 rings (SSSR count). The van der Waals surface area contributed by atoms with Gasteiger partial charge in [-0.25, -0.2) is 10.2 Å². The highest BCUT2D eigenvalue weighted by Gasteiger charge is 2.50. The molecule has 2 atom stereocenters. The first-order valence-corrected chi connectivity index (χ1v) is 5.33. The van der Waals surface area contributed by atoms with Crippen molar-refractivity contribution in [2.24, 2.45) is 0 Å². The first-order chi connectivity index (χ1) is 8.40. The lowest BCUT2D eigenvalue weighted by atomic mass is 9.91. The largest absolute Gasteiger partial charge is 0.481 e. The van der Waals surface area contributed by atoms with Crippen molar-refractivity contribution in [1.29, 1.82) is 0 Å². The van der Waals surface area contributed by atoms with E-state index >= 15 is 0 Å². The predicted octanol–water partition coefficient (Wildman–Crippen LogP) is -1.38. The van der Waals surface area contributed by atoms with Crippen LogP contribution < -0.4 is 10.9 Å². The van der Waals surface area contributed by atoms with Gasteiger partial charge < -0.3 is 20.4 Å². The van der Waals surface area contributed by atoms with Crippen LogP contribution in [0.4, 0.5) is 0 Å². The third-order valence-electron chi connectivity index (χ3n) is 2.11. The van der Waals surface area contributed by atoms with E-state index in [9.17, 15) is 19.5 Å². The third kappa shape index (κ3) is 5.20. The van der Waals surface area contributed by atoms with Crippen molar-refractivity contribution in [3.05, 3.63) is 0 Å². The van der Waals surface area contributed by atoms with Gasteiger partial charge in [-0.1, -0.05) is 0 Å². The Kier molecular flexibility index (Phi) is 5.42. The summed E-state index contributed by atoms with van der Waals surface area (Å²) in [6.45, 7) is 4.99. The number of nitrogens with one attached hydrogen (secondary N) is 2. The van der Waals surface area contributed by atoms with E-state index in [1.165, 1.54) is 0 Å². The first kappa shape index (κ1) is 17.3. The van der Waals surface area contributed by atoms with Crippen LogP contribution in [0.25, 0.3) is 0 Å². The van der Waals surface area contributed by atoms with Gasteiger partial charge in [-0.05, 0) is 20.8 Å². The Labute approximate surface area is 109 Å². The molecule has 0 aromatic carbocycles. The van der Waals surface area contributed by atoms with Crippen LogP contribution in [-0.4, -0.2) is 55.5 Å². The standard InChI is InChI=1S/C10H18N2O7/c1-9(2,3)12-11-6(7(15)16)10(19,8(17)18)4-5(13)14/h6,11-12,19H,4H2,1-3H3,(H,13,14)(H,15,16)(H,17,18). The maximum absolute atomic E-state index is 11.0. The van der Waals surface area contributed by atoms with Crippen LogP contribution in [0.15, 0.2) is 0 Å². The minimum Gasteiger partial charge on any atom is -0.481 e. The molecule has 110 valence electrons. The summed E-state index contributed by atoms with van der Waals surface area (Å²) in [5.41, 5.74) is 1.04. The third-order valence-corrected chi connectivity index (χ3v) is 2.11. The zero-order valence-electron chi connectivity index (χ0n) is 10.8. The molecule has 9 heteroatoms. The van der Waals surface area contributed by atoms with Crippen molar-refractivity contribution in [3.63, 3.8) is 0 Å². The molecule has 0 aliphatic heterocycles. The highest BCUT2D eigenvalue weighted by molar-refractivity contribution is 5.91. The number of carboxylic acids is 3. The minimum absolute atomic E-state index is 0.615. The monoisotopic (exact) mass is 278 g/mol. The van der Waals surface area contributed by atoms with Crippen LogP contribution in [0.5, 0.6) is 0 Å². The smallest absolute Gasteiger partial charge is 0.338 e. The molecule has 9 nitrogen and oxygen atoms in total. The van der Waals surface area contributed by atoms with Crippen molar-refractivity contribution in [3.8, 4) is 0 Å². The Morgan fingerprint density at radius 3 is 1.84 bits per heavy atom. The molecule has 0 radical (unpaired) electrons. The van der Waals surface area contributed by atoms with E-state index in [0.29, 0.717) is 0 Å². The van der Waals surface area contributed by atoms with Crippen LogP contribution in [-0.2, 0) is 14.4 Å². The normalized spacial score (nSPS) is 16.4. The van der Waals surface area contributed by atoms with Crippen molar-refractivity contribution >= 4 is 17.9 Å². The lowest BCUT2D eigenvalue weighted by Crippen LogP contribution is -2.65. The van der Waals surface area contributed by atoms with Crippen molar-refractivity contribution in [2.45, 2.75) is 44.4 Å². The van der Waals surface area contributed by atoms with Gasteiger partial charge in [-0.2, -0.15) is 0 Å². The van der Waals surface area contributed by atoms with Gasteiger partial charge in [0.2, 0.25) is 0 Å². The number of carboxylic acid groups (broad SMARTS) is 3. The number of aliphatic carboxylic acids is 3. The lowest BCUT2D eigenvalue weighted by molar-refractivity contribution is -0.175. The average Bonchev–Trinajstić information content (AvgIpc) is 2.13. The molecule has 2 unspecified atom stereocenters. The van der Waals surface area contributed by atoms with E-state index in [1.807, 2.05) is 0 Å². The zero-order valence-corrected chi connectivity index (χ0v) is 10.8. The highest BCUT2D eigenvalue weighted by Crippen LogP contribution is 2.17. The van der Waals surface area contributed by atoms with Crippen molar-refractivity contribution in [1.82, 2.24) is 10.9 Å². The lowest BCUT2D eigenvalue weighted by Gasteiger charge is -2.32. The van der Waals surface area contributed by atoms with Gasteiger partial charge >= 0.3 is 17.9 Å². The van der Waals surface area contributed by atoms with Crippen molar-refractivity contribution < 1.29 is 34.8 Å². The fourth-order valence-electron chi connectivity index (χ4n) is 1.21. The zero-order chi connectivity index (χ0) is 15.4. The quantitative estimate of drug-likeness (QED) is 0.309. The molecule has 0 bridgehead atoms. The molecule has 6 N–H and O–H groups in total. The molecule has 0 spiro atoms. The van der Waals surface area contributed by atoms with Crippen LogP contribution in [0.2, 0.25) is 0 Å². The Balaban J connectivity index is 5.25. The summed E-state index contributed by atoms with van der Waals surface area (Å²) in [5.74, 6) is -5.26. The van der Waals surface area contributed by atoms with Crippen LogP contribution in [0.3, 0.4) is 0 Å². The van der Waals surface area contributed by atoms with Crippen LogP contribution in [0.1, 0.15) is 27.2 Å². The highest BCUT2D eigenvalue weighted by atomic mass is 16.4. The predicted molar refractivity (Wildman–Crippen MR) is 62.3 cm³/mol. The number of hydrogen-bond acceptors (Lipinski definition) is 6. The molecule has 0 aliphatic rings. The number of hydrazine groups is 1.